The SMILES string of the molecule is CCN1CCC(Oc2ccc(C(=O)O)cc2F)CC1. The number of carbonyl (C=O) groups is 1. The Morgan fingerprint density at radius 1 is 1.47 bits per heavy atom. The van der Waals surface area contributed by atoms with Gasteiger partial charge in [0.25, 0.3) is 0 Å². The Balaban J connectivity index is 1.98. The van der Waals surface area contributed by atoms with E-state index in [1.807, 2.05) is 0 Å². The second kappa shape index (κ2) is 6.02. The van der Waals surface area contributed by atoms with Crippen LogP contribution < -0.4 is 4.74 Å². The number of nitrogens with zero attached hydrogens (tertiary/aromatic N) is 1. The van der Waals surface area contributed by atoms with Gasteiger partial charge in [-0.15, -0.1) is 0 Å². The molecule has 0 spiro atoms. The number of carboxylic acid groups (broad SMARTS) is 1. The summed E-state index contributed by atoms with van der Waals surface area (Å²) in [4.78, 5) is 13.0. The molecule has 1 aromatic carbocycles. The van der Waals surface area contributed by atoms with Crippen LogP contribution in [-0.2, 0) is 0 Å². The van der Waals surface area contributed by atoms with Crippen LogP contribution in [0.1, 0.15) is 30.1 Å². The summed E-state index contributed by atoms with van der Waals surface area (Å²) in [6.45, 7) is 5.05. The van der Waals surface area contributed by atoms with E-state index in [-0.39, 0.29) is 17.4 Å². The fourth-order valence-electron chi connectivity index (χ4n) is 2.25. The molecule has 1 aliphatic rings. The standard InChI is InChI=1S/C14H18FNO3/c1-2-16-7-5-11(6-8-16)19-13-4-3-10(14(17)18)9-12(13)15/h3-4,9,11H,2,5-8H2,1H3,(H,17,18). The Hall–Kier alpha value is -1.62. The first kappa shape index (κ1) is 13.8. The Morgan fingerprint density at radius 3 is 2.68 bits per heavy atom. The van der Waals surface area contributed by atoms with Gasteiger partial charge in [0.15, 0.2) is 11.6 Å². The quantitative estimate of drug-likeness (QED) is 0.910. The Morgan fingerprint density at radius 2 is 2.16 bits per heavy atom. The number of ether oxygens (including phenoxy) is 1. The maximum absolute atomic E-state index is 13.7. The summed E-state index contributed by atoms with van der Waals surface area (Å²) in [5, 5.41) is 8.76. The van der Waals surface area contributed by atoms with Gasteiger partial charge in [-0.2, -0.15) is 0 Å². The van der Waals surface area contributed by atoms with E-state index in [9.17, 15) is 9.18 Å². The fourth-order valence-corrected chi connectivity index (χ4v) is 2.25. The van der Waals surface area contributed by atoms with Gasteiger partial charge >= 0.3 is 5.97 Å². The molecule has 1 N–H and O–H groups in total. The molecule has 0 aromatic heterocycles. The fraction of sp³-hybridized carbons (Fsp3) is 0.500. The lowest BCUT2D eigenvalue weighted by atomic mass is 10.1. The molecular formula is C14H18FNO3. The predicted molar refractivity (Wildman–Crippen MR) is 69.1 cm³/mol. The number of carboxylic acids is 1. The van der Waals surface area contributed by atoms with Crippen molar-refractivity contribution in [2.45, 2.75) is 25.9 Å². The first-order chi connectivity index (χ1) is 9.10. The summed E-state index contributed by atoms with van der Waals surface area (Å²) in [7, 11) is 0. The number of likely N-dealkylation sites (tertiary alicyclic amines) is 1. The molecule has 5 heteroatoms. The average molecular weight is 267 g/mol. The molecule has 1 saturated heterocycles. The zero-order chi connectivity index (χ0) is 13.8. The van der Waals surface area contributed by atoms with Crippen molar-refractivity contribution in [1.29, 1.82) is 0 Å². The Bertz CT molecular complexity index is 456. The summed E-state index contributed by atoms with van der Waals surface area (Å²) in [5.74, 6) is -1.61. The summed E-state index contributed by atoms with van der Waals surface area (Å²) in [6, 6.07) is 3.76. The second-order valence-corrected chi connectivity index (χ2v) is 4.70. The summed E-state index contributed by atoms with van der Waals surface area (Å²) in [5.41, 5.74) is -0.0642. The molecule has 1 fully saturated rings. The third-order valence-electron chi connectivity index (χ3n) is 3.45. The van der Waals surface area contributed by atoms with Gasteiger partial charge in [0, 0.05) is 13.1 Å². The van der Waals surface area contributed by atoms with Gasteiger partial charge < -0.3 is 14.7 Å². The zero-order valence-corrected chi connectivity index (χ0v) is 10.9. The minimum absolute atomic E-state index is 0.00739. The molecule has 1 aromatic rings. The lowest BCUT2D eigenvalue weighted by molar-refractivity contribution is 0.0696. The van der Waals surface area contributed by atoms with Crippen molar-refractivity contribution < 1.29 is 19.0 Å². The lowest BCUT2D eigenvalue weighted by Gasteiger charge is -2.31. The highest BCUT2D eigenvalue weighted by atomic mass is 19.1. The van der Waals surface area contributed by atoms with Crippen LogP contribution in [0.2, 0.25) is 0 Å². The van der Waals surface area contributed by atoms with Gasteiger partial charge in [-0.1, -0.05) is 6.92 Å². The topological polar surface area (TPSA) is 49.8 Å². The molecule has 0 bridgehead atoms. The van der Waals surface area contributed by atoms with Crippen molar-refractivity contribution in [2.75, 3.05) is 19.6 Å². The molecule has 104 valence electrons. The molecular weight excluding hydrogens is 249 g/mol. The Labute approximate surface area is 111 Å². The number of hydrogen-bond acceptors (Lipinski definition) is 3. The monoisotopic (exact) mass is 267 g/mol. The van der Waals surface area contributed by atoms with Gasteiger partial charge in [-0.05, 0) is 37.6 Å². The van der Waals surface area contributed by atoms with Crippen LogP contribution >= 0.6 is 0 Å². The molecule has 4 nitrogen and oxygen atoms in total. The van der Waals surface area contributed by atoms with Crippen molar-refractivity contribution >= 4 is 5.97 Å². The van der Waals surface area contributed by atoms with Gasteiger partial charge in [0.2, 0.25) is 0 Å². The molecule has 0 atom stereocenters. The predicted octanol–water partition coefficient (Wildman–Crippen LogP) is 2.39. The lowest BCUT2D eigenvalue weighted by Crippen LogP contribution is -2.38. The highest BCUT2D eigenvalue weighted by molar-refractivity contribution is 5.87. The van der Waals surface area contributed by atoms with Crippen LogP contribution in [0, 0.1) is 5.82 Å². The number of hydrogen-bond donors (Lipinski definition) is 1. The van der Waals surface area contributed by atoms with Crippen LogP contribution in [0.4, 0.5) is 4.39 Å². The molecule has 2 rings (SSSR count). The molecule has 0 unspecified atom stereocenters. The molecule has 0 amide bonds. The van der Waals surface area contributed by atoms with E-state index in [1.54, 1.807) is 0 Å². The number of piperidine rings is 1. The average Bonchev–Trinajstić information content (AvgIpc) is 2.41. The van der Waals surface area contributed by atoms with Crippen LogP contribution in [0.15, 0.2) is 18.2 Å². The van der Waals surface area contributed by atoms with Crippen molar-refractivity contribution in [3.63, 3.8) is 0 Å². The van der Waals surface area contributed by atoms with Crippen LogP contribution in [0.3, 0.4) is 0 Å². The first-order valence-corrected chi connectivity index (χ1v) is 6.52. The summed E-state index contributed by atoms with van der Waals surface area (Å²) in [6.07, 6.45) is 1.75. The van der Waals surface area contributed by atoms with Crippen molar-refractivity contribution in [3.05, 3.63) is 29.6 Å². The second-order valence-electron chi connectivity index (χ2n) is 4.70. The van der Waals surface area contributed by atoms with Gasteiger partial charge in [-0.25, -0.2) is 9.18 Å². The van der Waals surface area contributed by atoms with Crippen molar-refractivity contribution in [1.82, 2.24) is 4.90 Å². The smallest absolute Gasteiger partial charge is 0.335 e. The molecule has 1 aliphatic heterocycles. The van der Waals surface area contributed by atoms with Crippen LogP contribution in [0.25, 0.3) is 0 Å². The maximum atomic E-state index is 13.7. The van der Waals surface area contributed by atoms with E-state index < -0.39 is 11.8 Å². The Kier molecular flexibility index (Phi) is 4.37. The van der Waals surface area contributed by atoms with E-state index in [0.717, 1.165) is 38.5 Å². The molecule has 19 heavy (non-hydrogen) atoms. The summed E-state index contributed by atoms with van der Waals surface area (Å²) < 4.78 is 19.3. The number of aromatic carboxylic acids is 1. The van der Waals surface area contributed by atoms with E-state index in [0.29, 0.717) is 0 Å². The third-order valence-corrected chi connectivity index (χ3v) is 3.45. The van der Waals surface area contributed by atoms with Crippen LogP contribution in [-0.4, -0.2) is 41.7 Å². The summed E-state index contributed by atoms with van der Waals surface area (Å²) >= 11 is 0. The molecule has 0 aliphatic carbocycles. The van der Waals surface area contributed by atoms with E-state index in [2.05, 4.69) is 11.8 Å². The van der Waals surface area contributed by atoms with Crippen molar-refractivity contribution in [3.8, 4) is 5.75 Å². The normalized spacial score (nSPS) is 17.4. The highest BCUT2D eigenvalue weighted by Gasteiger charge is 2.20. The number of rotatable bonds is 4. The van der Waals surface area contributed by atoms with E-state index >= 15 is 0 Å². The highest BCUT2D eigenvalue weighted by Crippen LogP contribution is 2.23. The van der Waals surface area contributed by atoms with Crippen LogP contribution in [0.5, 0.6) is 5.75 Å². The largest absolute Gasteiger partial charge is 0.487 e. The van der Waals surface area contributed by atoms with Gasteiger partial charge in [0.05, 0.1) is 5.56 Å². The van der Waals surface area contributed by atoms with Gasteiger partial charge in [-0.3, -0.25) is 0 Å². The minimum Gasteiger partial charge on any atom is -0.487 e. The third kappa shape index (κ3) is 3.44. The zero-order valence-electron chi connectivity index (χ0n) is 10.9. The minimum atomic E-state index is -1.14. The molecule has 1 heterocycles. The molecule has 0 radical (unpaired) electrons. The maximum Gasteiger partial charge on any atom is 0.335 e. The van der Waals surface area contributed by atoms with Gasteiger partial charge in [0.1, 0.15) is 6.10 Å². The van der Waals surface area contributed by atoms with E-state index in [1.165, 1.54) is 12.1 Å². The number of halogens is 1. The number of benzene rings is 1. The van der Waals surface area contributed by atoms with Crippen molar-refractivity contribution in [2.24, 2.45) is 0 Å². The van der Waals surface area contributed by atoms with E-state index in [4.69, 9.17) is 9.84 Å². The first-order valence-electron chi connectivity index (χ1n) is 6.52. The molecule has 0 saturated carbocycles.